The zero-order valence-electron chi connectivity index (χ0n) is 9.56. The SMILES string of the molecule is CC(O)(C(=O)Nc1cccc([N+](=O)[O-])c1)C(F)(F)F. The van der Waals surface area contributed by atoms with Gasteiger partial charge in [-0.25, -0.2) is 0 Å². The lowest BCUT2D eigenvalue weighted by atomic mass is 10.1. The van der Waals surface area contributed by atoms with Crippen LogP contribution in [-0.2, 0) is 4.79 Å². The highest BCUT2D eigenvalue weighted by Gasteiger charge is 2.55. The highest BCUT2D eigenvalue weighted by atomic mass is 19.4. The van der Waals surface area contributed by atoms with Crippen LogP contribution in [0.15, 0.2) is 24.3 Å². The van der Waals surface area contributed by atoms with Gasteiger partial charge in [-0.15, -0.1) is 0 Å². The van der Waals surface area contributed by atoms with Gasteiger partial charge in [0, 0.05) is 17.8 Å². The number of rotatable bonds is 3. The maximum Gasteiger partial charge on any atom is 0.426 e. The first kappa shape index (κ1) is 14.9. The van der Waals surface area contributed by atoms with Gasteiger partial charge in [0.25, 0.3) is 11.6 Å². The van der Waals surface area contributed by atoms with Crippen LogP contribution < -0.4 is 5.32 Å². The zero-order chi connectivity index (χ0) is 14.8. The number of carbonyl (C=O) groups is 1. The summed E-state index contributed by atoms with van der Waals surface area (Å²) in [6.45, 7) is 0.291. The summed E-state index contributed by atoms with van der Waals surface area (Å²) in [6.07, 6.45) is -5.15. The molecule has 2 N–H and O–H groups in total. The van der Waals surface area contributed by atoms with Crippen molar-refractivity contribution < 1.29 is 28.0 Å². The van der Waals surface area contributed by atoms with Crippen LogP contribution in [0, 0.1) is 10.1 Å². The molecule has 0 bridgehead atoms. The lowest BCUT2D eigenvalue weighted by Gasteiger charge is -2.24. The van der Waals surface area contributed by atoms with Gasteiger partial charge in [0.05, 0.1) is 4.92 Å². The fourth-order valence-corrected chi connectivity index (χ4v) is 1.08. The van der Waals surface area contributed by atoms with Crippen molar-refractivity contribution >= 4 is 17.3 Å². The number of nitrogens with zero attached hydrogens (tertiary/aromatic N) is 1. The van der Waals surface area contributed by atoms with E-state index in [2.05, 4.69) is 0 Å². The minimum absolute atomic E-state index is 0.219. The van der Waals surface area contributed by atoms with Crippen molar-refractivity contribution in [1.82, 2.24) is 0 Å². The molecular weight excluding hydrogens is 269 g/mol. The maximum absolute atomic E-state index is 12.4. The molecule has 0 saturated heterocycles. The van der Waals surface area contributed by atoms with E-state index in [0.717, 1.165) is 18.2 Å². The predicted molar refractivity (Wildman–Crippen MR) is 58.4 cm³/mol. The number of anilines is 1. The predicted octanol–water partition coefficient (Wildman–Crippen LogP) is 1.85. The van der Waals surface area contributed by atoms with Crippen molar-refractivity contribution in [2.24, 2.45) is 0 Å². The highest BCUT2D eigenvalue weighted by molar-refractivity contribution is 5.97. The summed E-state index contributed by atoms with van der Waals surface area (Å²) in [5.41, 5.74) is -4.20. The first-order valence-electron chi connectivity index (χ1n) is 4.90. The minimum atomic E-state index is -5.15. The van der Waals surface area contributed by atoms with Gasteiger partial charge in [-0.3, -0.25) is 14.9 Å². The van der Waals surface area contributed by atoms with Crippen LogP contribution in [0.4, 0.5) is 24.5 Å². The lowest BCUT2D eigenvalue weighted by Crippen LogP contribution is -2.52. The van der Waals surface area contributed by atoms with E-state index < -0.39 is 28.3 Å². The number of nitrogens with one attached hydrogen (secondary N) is 1. The minimum Gasteiger partial charge on any atom is -0.373 e. The summed E-state index contributed by atoms with van der Waals surface area (Å²) in [5, 5.41) is 21.3. The maximum atomic E-state index is 12.4. The number of aliphatic hydroxyl groups is 1. The fraction of sp³-hybridized carbons (Fsp3) is 0.300. The normalized spacial score (nSPS) is 14.6. The average molecular weight is 278 g/mol. The second-order valence-electron chi connectivity index (χ2n) is 3.83. The number of hydrogen-bond acceptors (Lipinski definition) is 4. The smallest absolute Gasteiger partial charge is 0.373 e. The van der Waals surface area contributed by atoms with Crippen molar-refractivity contribution in [2.75, 3.05) is 5.32 Å². The largest absolute Gasteiger partial charge is 0.426 e. The van der Waals surface area contributed by atoms with Gasteiger partial charge < -0.3 is 10.4 Å². The van der Waals surface area contributed by atoms with Crippen LogP contribution in [0.5, 0.6) is 0 Å². The Morgan fingerprint density at radius 3 is 2.47 bits per heavy atom. The third-order valence-corrected chi connectivity index (χ3v) is 2.31. The van der Waals surface area contributed by atoms with E-state index in [9.17, 15) is 28.1 Å². The van der Waals surface area contributed by atoms with Crippen molar-refractivity contribution in [3.05, 3.63) is 34.4 Å². The van der Waals surface area contributed by atoms with Crippen LogP contribution in [-0.4, -0.2) is 27.7 Å². The van der Waals surface area contributed by atoms with Gasteiger partial charge in [-0.1, -0.05) is 6.07 Å². The molecule has 0 heterocycles. The Labute approximate surface area is 105 Å². The summed E-state index contributed by atoms with van der Waals surface area (Å²) in [4.78, 5) is 21.0. The van der Waals surface area contributed by atoms with Gasteiger partial charge in [-0.05, 0) is 13.0 Å². The van der Waals surface area contributed by atoms with Crippen molar-refractivity contribution in [3.63, 3.8) is 0 Å². The summed E-state index contributed by atoms with van der Waals surface area (Å²) in [7, 11) is 0. The van der Waals surface area contributed by atoms with E-state index >= 15 is 0 Å². The molecule has 1 atom stereocenters. The molecule has 0 radical (unpaired) electrons. The van der Waals surface area contributed by atoms with E-state index in [4.69, 9.17) is 5.11 Å². The summed E-state index contributed by atoms with van der Waals surface area (Å²) >= 11 is 0. The van der Waals surface area contributed by atoms with Crippen molar-refractivity contribution in [1.29, 1.82) is 0 Å². The van der Waals surface area contributed by atoms with Gasteiger partial charge >= 0.3 is 6.18 Å². The average Bonchev–Trinajstić information content (AvgIpc) is 2.27. The summed E-state index contributed by atoms with van der Waals surface area (Å²) in [5.74, 6) is -1.72. The molecule has 0 aliphatic carbocycles. The number of carbonyl (C=O) groups excluding carboxylic acids is 1. The number of halogens is 3. The van der Waals surface area contributed by atoms with E-state index in [0.29, 0.717) is 6.92 Å². The van der Waals surface area contributed by atoms with Crippen LogP contribution in [0.1, 0.15) is 6.92 Å². The number of alkyl halides is 3. The third kappa shape index (κ3) is 3.19. The standard InChI is InChI=1S/C10H9F3N2O4/c1-9(17,10(11,12)13)8(16)14-6-3-2-4-7(5-6)15(18)19/h2-5,17H,1H3,(H,14,16). The molecule has 0 spiro atoms. The Morgan fingerprint density at radius 2 is 2.00 bits per heavy atom. The Kier molecular flexibility index (Phi) is 3.80. The number of nitro benzene ring substituents is 1. The summed E-state index contributed by atoms with van der Waals surface area (Å²) in [6, 6.07) is 4.34. The second kappa shape index (κ2) is 4.84. The molecule has 1 aromatic carbocycles. The molecule has 1 rings (SSSR count). The molecular formula is C10H9F3N2O4. The monoisotopic (exact) mass is 278 g/mol. The number of amides is 1. The molecule has 0 saturated carbocycles. The van der Waals surface area contributed by atoms with Crippen LogP contribution in [0.25, 0.3) is 0 Å². The second-order valence-corrected chi connectivity index (χ2v) is 3.83. The molecule has 1 unspecified atom stereocenters. The number of nitro groups is 1. The molecule has 0 fully saturated rings. The van der Waals surface area contributed by atoms with Gasteiger partial charge in [0.15, 0.2) is 0 Å². The van der Waals surface area contributed by atoms with E-state index in [-0.39, 0.29) is 5.69 Å². The number of benzene rings is 1. The van der Waals surface area contributed by atoms with Crippen molar-refractivity contribution in [3.8, 4) is 0 Å². The van der Waals surface area contributed by atoms with Crippen LogP contribution in [0.2, 0.25) is 0 Å². The molecule has 6 nitrogen and oxygen atoms in total. The third-order valence-electron chi connectivity index (χ3n) is 2.31. The van der Waals surface area contributed by atoms with Crippen LogP contribution in [0.3, 0.4) is 0 Å². The molecule has 104 valence electrons. The molecule has 0 aliphatic heterocycles. The van der Waals surface area contributed by atoms with Crippen molar-refractivity contribution in [2.45, 2.75) is 18.7 Å². The van der Waals surface area contributed by atoms with E-state index in [1.807, 2.05) is 0 Å². The van der Waals surface area contributed by atoms with Crippen LogP contribution >= 0.6 is 0 Å². The molecule has 1 amide bonds. The zero-order valence-corrected chi connectivity index (χ0v) is 9.56. The summed E-state index contributed by atoms with van der Waals surface area (Å²) < 4.78 is 37.1. The fourth-order valence-electron chi connectivity index (χ4n) is 1.08. The van der Waals surface area contributed by atoms with Gasteiger partial charge in [0.1, 0.15) is 0 Å². The van der Waals surface area contributed by atoms with Gasteiger partial charge in [0.2, 0.25) is 5.60 Å². The Bertz CT molecular complexity index is 514. The molecule has 1 aromatic rings. The molecule has 19 heavy (non-hydrogen) atoms. The van der Waals surface area contributed by atoms with Gasteiger partial charge in [-0.2, -0.15) is 13.2 Å². The number of non-ortho nitro benzene ring substituents is 1. The highest BCUT2D eigenvalue weighted by Crippen LogP contribution is 2.31. The first-order valence-corrected chi connectivity index (χ1v) is 4.90. The molecule has 0 aliphatic rings. The Hall–Kier alpha value is -2.16. The lowest BCUT2D eigenvalue weighted by molar-refractivity contribution is -0.384. The quantitative estimate of drug-likeness (QED) is 0.651. The first-order chi connectivity index (χ1) is 8.55. The van der Waals surface area contributed by atoms with E-state index in [1.165, 1.54) is 6.07 Å². The molecule has 9 heteroatoms. The number of hydrogen-bond donors (Lipinski definition) is 2. The van der Waals surface area contributed by atoms with E-state index in [1.54, 1.807) is 5.32 Å². The Balaban J connectivity index is 2.95. The topological polar surface area (TPSA) is 92.5 Å². The molecule has 0 aromatic heterocycles. The Morgan fingerprint density at radius 1 is 1.42 bits per heavy atom.